The fraction of sp³-hybridized carbons (Fsp3) is 0.579. The molecule has 0 aliphatic carbocycles. The van der Waals surface area contributed by atoms with Crippen molar-refractivity contribution in [3.8, 4) is 0 Å². The molecule has 2 aliphatic heterocycles. The molecule has 2 aliphatic rings. The lowest BCUT2D eigenvalue weighted by Crippen LogP contribution is -2.49. The van der Waals surface area contributed by atoms with Crippen LogP contribution in [0.3, 0.4) is 0 Å². The summed E-state index contributed by atoms with van der Waals surface area (Å²) in [7, 11) is 0. The van der Waals surface area contributed by atoms with Gasteiger partial charge in [0.15, 0.2) is 0 Å². The van der Waals surface area contributed by atoms with Gasteiger partial charge in [-0.3, -0.25) is 9.59 Å². The molecule has 3 rings (SSSR count). The quantitative estimate of drug-likeness (QED) is 0.908. The maximum absolute atomic E-state index is 13.0. The minimum absolute atomic E-state index is 0.0549. The monoisotopic (exact) mass is 329 g/mol. The van der Waals surface area contributed by atoms with Crippen LogP contribution in [-0.4, -0.2) is 53.3 Å². The van der Waals surface area contributed by atoms with Gasteiger partial charge in [0.2, 0.25) is 11.8 Å². The molecule has 3 unspecified atom stereocenters. The van der Waals surface area contributed by atoms with Crippen LogP contribution < -0.4 is 5.73 Å². The smallest absolute Gasteiger partial charge is 0.245 e. The molecule has 0 radical (unpaired) electrons. The van der Waals surface area contributed by atoms with Crippen LogP contribution in [0.2, 0.25) is 0 Å². The van der Waals surface area contributed by atoms with Gasteiger partial charge in [-0.15, -0.1) is 0 Å². The van der Waals surface area contributed by atoms with Crippen LogP contribution in [0.25, 0.3) is 0 Å². The standard InChI is InChI=1S/C19H27N3O2/c1-14-10-16(12-20)13-22(14)19(24)17-8-5-9-21(17)18(23)11-15-6-3-2-4-7-15/h2-4,6-7,14,16-17H,5,8-13,20H2,1H3. The van der Waals surface area contributed by atoms with Gasteiger partial charge in [0.25, 0.3) is 0 Å². The molecule has 24 heavy (non-hydrogen) atoms. The van der Waals surface area contributed by atoms with Crippen LogP contribution in [0.4, 0.5) is 0 Å². The van der Waals surface area contributed by atoms with Gasteiger partial charge in [-0.05, 0) is 44.2 Å². The summed E-state index contributed by atoms with van der Waals surface area (Å²) in [5, 5.41) is 0. The Bertz CT molecular complexity index is 590. The number of amides is 2. The minimum atomic E-state index is -0.291. The van der Waals surface area contributed by atoms with Crippen molar-refractivity contribution in [2.75, 3.05) is 19.6 Å². The third-order valence-corrected chi connectivity index (χ3v) is 5.33. The Hall–Kier alpha value is -1.88. The molecule has 0 spiro atoms. The van der Waals surface area contributed by atoms with Crippen molar-refractivity contribution in [2.24, 2.45) is 11.7 Å². The molecule has 1 aromatic rings. The lowest BCUT2D eigenvalue weighted by Gasteiger charge is -2.30. The average molecular weight is 329 g/mol. The van der Waals surface area contributed by atoms with Crippen LogP contribution in [0.15, 0.2) is 30.3 Å². The molecule has 0 bridgehead atoms. The highest BCUT2D eigenvalue weighted by atomic mass is 16.2. The third kappa shape index (κ3) is 3.46. The molecule has 0 saturated carbocycles. The molecule has 2 N–H and O–H groups in total. The van der Waals surface area contributed by atoms with E-state index in [9.17, 15) is 9.59 Å². The van der Waals surface area contributed by atoms with Gasteiger partial charge in [0.05, 0.1) is 6.42 Å². The molecule has 1 aromatic carbocycles. The van der Waals surface area contributed by atoms with E-state index >= 15 is 0 Å². The first-order valence-electron chi connectivity index (χ1n) is 8.94. The Morgan fingerprint density at radius 3 is 2.62 bits per heavy atom. The van der Waals surface area contributed by atoms with E-state index in [0.717, 1.165) is 31.4 Å². The molecular weight excluding hydrogens is 302 g/mol. The van der Waals surface area contributed by atoms with Crippen LogP contribution >= 0.6 is 0 Å². The fourth-order valence-corrected chi connectivity index (χ4v) is 4.01. The van der Waals surface area contributed by atoms with E-state index in [2.05, 4.69) is 6.92 Å². The van der Waals surface area contributed by atoms with E-state index < -0.39 is 0 Å². The molecule has 0 aromatic heterocycles. The lowest BCUT2D eigenvalue weighted by molar-refractivity contribution is -0.144. The number of hydrogen-bond donors (Lipinski definition) is 1. The second kappa shape index (κ2) is 7.34. The van der Waals surface area contributed by atoms with Gasteiger partial charge in [-0.1, -0.05) is 30.3 Å². The van der Waals surface area contributed by atoms with E-state index in [0.29, 0.717) is 25.4 Å². The summed E-state index contributed by atoms with van der Waals surface area (Å²) >= 11 is 0. The van der Waals surface area contributed by atoms with Crippen LogP contribution in [0.1, 0.15) is 31.7 Å². The van der Waals surface area contributed by atoms with E-state index in [4.69, 9.17) is 5.73 Å². The molecule has 130 valence electrons. The summed E-state index contributed by atoms with van der Waals surface area (Å²) in [6.45, 7) is 4.12. The highest BCUT2D eigenvalue weighted by Crippen LogP contribution is 2.27. The number of hydrogen-bond acceptors (Lipinski definition) is 3. The van der Waals surface area contributed by atoms with Crippen molar-refractivity contribution < 1.29 is 9.59 Å². The molecular formula is C19H27N3O2. The van der Waals surface area contributed by atoms with Crippen molar-refractivity contribution in [3.05, 3.63) is 35.9 Å². The highest BCUT2D eigenvalue weighted by molar-refractivity contribution is 5.89. The molecule has 2 fully saturated rings. The maximum atomic E-state index is 13.0. The summed E-state index contributed by atoms with van der Waals surface area (Å²) < 4.78 is 0. The average Bonchev–Trinajstić information content (AvgIpc) is 3.21. The van der Waals surface area contributed by atoms with Gasteiger partial charge in [0, 0.05) is 19.1 Å². The molecule has 2 saturated heterocycles. The van der Waals surface area contributed by atoms with E-state index in [1.54, 1.807) is 4.90 Å². The van der Waals surface area contributed by atoms with Crippen LogP contribution in [0.5, 0.6) is 0 Å². The van der Waals surface area contributed by atoms with Crippen molar-refractivity contribution in [3.63, 3.8) is 0 Å². The second-order valence-corrected chi connectivity index (χ2v) is 7.08. The Morgan fingerprint density at radius 1 is 1.21 bits per heavy atom. The summed E-state index contributed by atoms with van der Waals surface area (Å²) in [5.41, 5.74) is 6.77. The zero-order valence-corrected chi connectivity index (χ0v) is 14.4. The van der Waals surface area contributed by atoms with Crippen molar-refractivity contribution in [1.82, 2.24) is 9.80 Å². The van der Waals surface area contributed by atoms with Gasteiger partial charge in [0.1, 0.15) is 6.04 Å². The van der Waals surface area contributed by atoms with E-state index in [-0.39, 0.29) is 23.9 Å². The predicted octanol–water partition coefficient (Wildman–Crippen LogP) is 1.42. The molecule has 2 heterocycles. The molecule has 5 nitrogen and oxygen atoms in total. The fourth-order valence-electron chi connectivity index (χ4n) is 4.01. The summed E-state index contributed by atoms with van der Waals surface area (Å²) in [6, 6.07) is 9.66. The normalized spacial score (nSPS) is 26.8. The van der Waals surface area contributed by atoms with Gasteiger partial charge < -0.3 is 15.5 Å². The van der Waals surface area contributed by atoms with Crippen molar-refractivity contribution in [1.29, 1.82) is 0 Å². The largest absolute Gasteiger partial charge is 0.338 e. The molecule has 5 heteroatoms. The SMILES string of the molecule is CC1CC(CN)CN1C(=O)C1CCCN1C(=O)Cc1ccccc1. The number of rotatable bonds is 4. The zero-order valence-electron chi connectivity index (χ0n) is 14.4. The number of nitrogens with two attached hydrogens (primary N) is 1. The predicted molar refractivity (Wildman–Crippen MR) is 93.2 cm³/mol. The topological polar surface area (TPSA) is 66.6 Å². The van der Waals surface area contributed by atoms with Crippen molar-refractivity contribution in [2.45, 2.75) is 44.7 Å². The maximum Gasteiger partial charge on any atom is 0.245 e. The zero-order chi connectivity index (χ0) is 17.1. The first-order chi connectivity index (χ1) is 11.6. The number of carbonyl (C=O) groups is 2. The second-order valence-electron chi connectivity index (χ2n) is 7.08. The Labute approximate surface area is 143 Å². The lowest BCUT2D eigenvalue weighted by atomic mass is 10.1. The van der Waals surface area contributed by atoms with Gasteiger partial charge in [-0.25, -0.2) is 0 Å². The van der Waals surface area contributed by atoms with E-state index in [1.165, 1.54) is 0 Å². The van der Waals surface area contributed by atoms with E-state index in [1.807, 2.05) is 35.2 Å². The Kier molecular flexibility index (Phi) is 5.19. The van der Waals surface area contributed by atoms with Crippen LogP contribution in [0, 0.1) is 5.92 Å². The number of benzene rings is 1. The first kappa shape index (κ1) is 17.0. The summed E-state index contributed by atoms with van der Waals surface area (Å²) in [5.74, 6) is 0.551. The summed E-state index contributed by atoms with van der Waals surface area (Å²) in [4.78, 5) is 29.4. The van der Waals surface area contributed by atoms with Gasteiger partial charge in [-0.2, -0.15) is 0 Å². The Morgan fingerprint density at radius 2 is 1.96 bits per heavy atom. The van der Waals surface area contributed by atoms with Crippen molar-refractivity contribution >= 4 is 11.8 Å². The first-order valence-corrected chi connectivity index (χ1v) is 8.94. The minimum Gasteiger partial charge on any atom is -0.338 e. The molecule has 3 atom stereocenters. The third-order valence-electron chi connectivity index (χ3n) is 5.33. The highest BCUT2D eigenvalue weighted by Gasteiger charge is 2.40. The number of carbonyl (C=O) groups excluding carboxylic acids is 2. The van der Waals surface area contributed by atoms with Crippen LogP contribution in [-0.2, 0) is 16.0 Å². The summed E-state index contributed by atoms with van der Waals surface area (Å²) in [6.07, 6.45) is 3.01. The Balaban J connectivity index is 1.66. The molecule has 2 amide bonds. The number of likely N-dealkylation sites (tertiary alicyclic amines) is 2. The van der Waals surface area contributed by atoms with Gasteiger partial charge >= 0.3 is 0 Å². The number of nitrogens with zero attached hydrogens (tertiary/aromatic N) is 2.